The van der Waals surface area contributed by atoms with Crippen LogP contribution in [0.3, 0.4) is 0 Å². The monoisotopic (exact) mass is 474 g/mol. The van der Waals surface area contributed by atoms with Gasteiger partial charge in [0.2, 0.25) is 10.0 Å². The lowest BCUT2D eigenvalue weighted by Crippen LogP contribution is -2.34. The molecule has 12 heteroatoms. The summed E-state index contributed by atoms with van der Waals surface area (Å²) in [6.45, 7) is 1.57. The number of aliphatic hydroxyl groups is 2. The SMILES string of the molecule is C[C@H]1C/C=C\C(=NNS(C)(=O)=O)[C@@H](O)[C@@H](O)C/C=C/c2c(Cl)c(O)cc(O)c2C(=O)O1. The first-order chi connectivity index (χ1) is 14.4. The number of phenols is 2. The van der Waals surface area contributed by atoms with Crippen LogP contribution in [0.25, 0.3) is 6.08 Å². The Morgan fingerprint density at radius 1 is 1.16 bits per heavy atom. The van der Waals surface area contributed by atoms with Gasteiger partial charge in [0, 0.05) is 18.1 Å². The lowest BCUT2D eigenvalue weighted by atomic mass is 10.0. The molecule has 10 nitrogen and oxygen atoms in total. The summed E-state index contributed by atoms with van der Waals surface area (Å²) in [6.07, 6.45) is 2.62. The Hall–Kier alpha value is -2.60. The van der Waals surface area contributed by atoms with Gasteiger partial charge in [0.15, 0.2) is 0 Å². The van der Waals surface area contributed by atoms with Crippen LogP contribution in [-0.2, 0) is 14.8 Å². The maximum absolute atomic E-state index is 12.6. The van der Waals surface area contributed by atoms with E-state index in [0.717, 1.165) is 12.3 Å². The number of phenolic OH excluding ortho intramolecular Hbond substituents is 2. The average Bonchev–Trinajstić information content (AvgIpc) is 2.65. The fourth-order valence-corrected chi connectivity index (χ4v) is 3.16. The first kappa shape index (κ1) is 24.7. The van der Waals surface area contributed by atoms with Crippen molar-refractivity contribution in [3.63, 3.8) is 0 Å². The number of ether oxygens (including phenoxy) is 1. The zero-order valence-corrected chi connectivity index (χ0v) is 18.3. The van der Waals surface area contributed by atoms with Crippen molar-refractivity contribution in [2.45, 2.75) is 38.1 Å². The normalized spacial score (nSPS) is 26.4. The quantitative estimate of drug-likeness (QED) is 0.316. The van der Waals surface area contributed by atoms with Crippen LogP contribution in [-0.4, -0.2) is 65.1 Å². The van der Waals surface area contributed by atoms with E-state index < -0.39 is 45.8 Å². The molecule has 2 rings (SSSR count). The number of aromatic hydroxyl groups is 2. The van der Waals surface area contributed by atoms with Gasteiger partial charge in [0.1, 0.15) is 29.3 Å². The third-order valence-corrected chi connectivity index (χ3v) is 5.02. The molecule has 1 heterocycles. The topological polar surface area (TPSA) is 166 Å². The number of benzene rings is 1. The number of sulfonamides is 1. The van der Waals surface area contributed by atoms with E-state index in [2.05, 4.69) is 5.10 Å². The smallest absolute Gasteiger partial charge is 0.342 e. The van der Waals surface area contributed by atoms with Gasteiger partial charge in [0.05, 0.1) is 23.1 Å². The zero-order valence-electron chi connectivity index (χ0n) is 16.7. The first-order valence-electron chi connectivity index (χ1n) is 9.09. The number of cyclic esters (lactones) is 1. The standard InChI is InChI=1S/C19H23ClN2O8S/c1-10-5-3-7-12(21-22-31(2,28)29)18(26)13(23)8-4-6-11-16(19(27)30-10)14(24)9-15(25)17(11)20/h3-4,6-7,9-10,13,18,22-26H,5,8H2,1-2H3/b6-4+,7-3-,21-12?/t10-,13-,18+/m0/s1. The number of hydrazone groups is 1. The zero-order chi connectivity index (χ0) is 23.3. The Bertz CT molecular complexity index is 1040. The van der Waals surface area contributed by atoms with Crippen LogP contribution in [0.4, 0.5) is 0 Å². The van der Waals surface area contributed by atoms with Crippen LogP contribution >= 0.6 is 11.6 Å². The van der Waals surface area contributed by atoms with E-state index in [1.807, 2.05) is 4.83 Å². The molecule has 1 aliphatic rings. The maximum atomic E-state index is 12.6. The Kier molecular flexibility index (Phi) is 8.07. The molecular weight excluding hydrogens is 452 g/mol. The van der Waals surface area contributed by atoms with E-state index in [-0.39, 0.29) is 34.7 Å². The highest BCUT2D eigenvalue weighted by Gasteiger charge is 2.25. The summed E-state index contributed by atoms with van der Waals surface area (Å²) < 4.78 is 27.9. The second-order valence-electron chi connectivity index (χ2n) is 6.92. The van der Waals surface area contributed by atoms with Crippen molar-refractivity contribution in [2.75, 3.05) is 6.26 Å². The number of aliphatic hydroxyl groups excluding tert-OH is 2. The van der Waals surface area contributed by atoms with Gasteiger partial charge in [-0.25, -0.2) is 18.0 Å². The number of esters is 1. The van der Waals surface area contributed by atoms with Crippen molar-refractivity contribution >= 4 is 39.4 Å². The van der Waals surface area contributed by atoms with Crippen LogP contribution in [0.2, 0.25) is 5.02 Å². The fourth-order valence-electron chi connectivity index (χ4n) is 2.68. The number of rotatable bonds is 2. The minimum Gasteiger partial charge on any atom is -0.507 e. The fraction of sp³-hybridized carbons (Fsp3) is 0.368. The van der Waals surface area contributed by atoms with Crippen LogP contribution in [0.5, 0.6) is 11.5 Å². The van der Waals surface area contributed by atoms with Crippen molar-refractivity contribution in [3.8, 4) is 11.5 Å². The van der Waals surface area contributed by atoms with Crippen molar-refractivity contribution < 1.29 is 38.4 Å². The van der Waals surface area contributed by atoms with Gasteiger partial charge < -0.3 is 25.2 Å². The summed E-state index contributed by atoms with van der Waals surface area (Å²) in [7, 11) is -3.70. The first-order valence-corrected chi connectivity index (χ1v) is 11.4. The predicted molar refractivity (Wildman–Crippen MR) is 114 cm³/mol. The Morgan fingerprint density at radius 3 is 2.45 bits per heavy atom. The van der Waals surface area contributed by atoms with Gasteiger partial charge in [-0.1, -0.05) is 29.8 Å². The Morgan fingerprint density at radius 2 is 1.81 bits per heavy atom. The number of hydrogen-bond acceptors (Lipinski definition) is 9. The van der Waals surface area contributed by atoms with Gasteiger partial charge in [-0.15, -0.1) is 0 Å². The van der Waals surface area contributed by atoms with Gasteiger partial charge in [-0.2, -0.15) is 5.10 Å². The summed E-state index contributed by atoms with van der Waals surface area (Å²) in [4.78, 5) is 14.5. The van der Waals surface area contributed by atoms with Crippen molar-refractivity contribution in [1.82, 2.24) is 4.83 Å². The number of carbonyl (C=O) groups excluding carboxylic acids is 1. The largest absolute Gasteiger partial charge is 0.507 e. The summed E-state index contributed by atoms with van der Waals surface area (Å²) in [5.41, 5.74) is -0.449. The van der Waals surface area contributed by atoms with Gasteiger partial charge in [-0.3, -0.25) is 0 Å². The molecule has 0 saturated carbocycles. The maximum Gasteiger partial charge on any atom is 0.342 e. The molecule has 0 aromatic heterocycles. The lowest BCUT2D eigenvalue weighted by molar-refractivity contribution is 0.0344. The summed E-state index contributed by atoms with van der Waals surface area (Å²) in [5.74, 6) is -1.89. The number of halogens is 1. The second kappa shape index (κ2) is 10.1. The molecule has 1 aromatic rings. The van der Waals surface area contributed by atoms with Crippen LogP contribution in [0, 0.1) is 0 Å². The number of hydrogen-bond donors (Lipinski definition) is 5. The second-order valence-corrected chi connectivity index (χ2v) is 9.03. The van der Waals surface area contributed by atoms with Gasteiger partial charge in [0.25, 0.3) is 0 Å². The van der Waals surface area contributed by atoms with Gasteiger partial charge in [-0.05, 0) is 19.4 Å². The highest BCUT2D eigenvalue weighted by atomic mass is 35.5. The minimum atomic E-state index is -3.70. The molecule has 0 amide bonds. The predicted octanol–water partition coefficient (Wildman–Crippen LogP) is 1.29. The van der Waals surface area contributed by atoms with Crippen molar-refractivity contribution in [1.29, 1.82) is 0 Å². The molecule has 1 aliphatic heterocycles. The molecule has 0 saturated heterocycles. The third-order valence-electron chi connectivity index (χ3n) is 4.20. The van der Waals surface area contributed by atoms with E-state index in [0.29, 0.717) is 0 Å². The molecule has 170 valence electrons. The van der Waals surface area contributed by atoms with Crippen LogP contribution in [0.1, 0.15) is 35.7 Å². The van der Waals surface area contributed by atoms with Crippen molar-refractivity contribution in [2.24, 2.45) is 5.10 Å². The van der Waals surface area contributed by atoms with Gasteiger partial charge >= 0.3 is 5.97 Å². The molecule has 5 N–H and O–H groups in total. The summed E-state index contributed by atoms with van der Waals surface area (Å²) >= 11 is 6.08. The Labute approximate surface area is 184 Å². The molecule has 1 aromatic carbocycles. The summed E-state index contributed by atoms with van der Waals surface area (Å²) in [5, 5.41) is 44.1. The molecule has 31 heavy (non-hydrogen) atoms. The van der Waals surface area contributed by atoms with E-state index >= 15 is 0 Å². The van der Waals surface area contributed by atoms with E-state index in [1.165, 1.54) is 24.3 Å². The average molecular weight is 475 g/mol. The van der Waals surface area contributed by atoms with Crippen LogP contribution < -0.4 is 4.83 Å². The Balaban J connectivity index is 2.50. The highest BCUT2D eigenvalue weighted by Crippen LogP contribution is 2.37. The molecule has 0 fully saturated rings. The number of nitrogens with zero attached hydrogens (tertiary/aromatic N) is 1. The number of carbonyl (C=O) groups is 1. The lowest BCUT2D eigenvalue weighted by Gasteiger charge is -2.18. The highest BCUT2D eigenvalue weighted by molar-refractivity contribution is 7.88. The minimum absolute atomic E-state index is 0.0294. The molecule has 0 radical (unpaired) electrons. The molecule has 0 aliphatic carbocycles. The van der Waals surface area contributed by atoms with E-state index in [1.54, 1.807) is 6.92 Å². The van der Waals surface area contributed by atoms with Crippen molar-refractivity contribution in [3.05, 3.63) is 40.4 Å². The van der Waals surface area contributed by atoms with Crippen LogP contribution in [0.15, 0.2) is 29.4 Å². The van der Waals surface area contributed by atoms with E-state index in [4.69, 9.17) is 16.3 Å². The molecule has 3 atom stereocenters. The molecule has 0 unspecified atom stereocenters. The molecular formula is C19H23ClN2O8S. The third kappa shape index (κ3) is 6.69. The van der Waals surface area contributed by atoms with E-state index in [9.17, 15) is 33.6 Å². The molecule has 0 bridgehead atoms. The number of nitrogens with one attached hydrogen (secondary N) is 1. The summed E-state index contributed by atoms with van der Waals surface area (Å²) in [6, 6.07) is 0.917. The molecule has 0 spiro atoms. The number of fused-ring (bicyclic) bond motifs is 1.